The first-order chi connectivity index (χ1) is 9.63. The molecule has 0 saturated heterocycles. The normalized spacial score (nSPS) is 26.1. The number of halogens is 1. The summed E-state index contributed by atoms with van der Waals surface area (Å²) in [4.78, 5) is 16.0. The summed E-state index contributed by atoms with van der Waals surface area (Å²) < 4.78 is 11.2. The molecule has 1 aromatic heterocycles. The van der Waals surface area contributed by atoms with Crippen molar-refractivity contribution in [3.05, 3.63) is 22.8 Å². The third-order valence-corrected chi connectivity index (χ3v) is 4.15. The predicted molar refractivity (Wildman–Crippen MR) is 79.5 cm³/mol. The zero-order chi connectivity index (χ0) is 14.5. The fraction of sp³-hybridized carbons (Fsp3) is 0.571. The van der Waals surface area contributed by atoms with E-state index in [-0.39, 0.29) is 24.0 Å². The largest absolute Gasteiger partial charge is 0.469 e. The minimum Gasteiger partial charge on any atom is -0.469 e. The van der Waals surface area contributed by atoms with Crippen LogP contribution >= 0.6 is 15.9 Å². The summed E-state index contributed by atoms with van der Waals surface area (Å²) >= 11 is 3.36. The average molecular weight is 343 g/mol. The van der Waals surface area contributed by atoms with Crippen LogP contribution < -0.4 is 5.32 Å². The van der Waals surface area contributed by atoms with Crippen molar-refractivity contribution in [2.45, 2.75) is 31.4 Å². The van der Waals surface area contributed by atoms with Gasteiger partial charge in [-0.2, -0.15) is 0 Å². The van der Waals surface area contributed by atoms with Crippen LogP contribution in [-0.4, -0.2) is 37.3 Å². The van der Waals surface area contributed by atoms with Gasteiger partial charge in [-0.05, 0) is 47.3 Å². The Morgan fingerprint density at radius 3 is 2.80 bits per heavy atom. The molecule has 0 spiro atoms. The lowest BCUT2D eigenvalue weighted by Gasteiger charge is -2.34. The molecule has 1 N–H and O–H groups in total. The van der Waals surface area contributed by atoms with Gasteiger partial charge in [0.05, 0.1) is 19.1 Å². The number of aromatic nitrogens is 1. The van der Waals surface area contributed by atoms with Gasteiger partial charge in [-0.3, -0.25) is 4.79 Å². The average Bonchev–Trinajstić information content (AvgIpc) is 2.48. The van der Waals surface area contributed by atoms with Gasteiger partial charge >= 0.3 is 5.97 Å². The molecule has 0 radical (unpaired) electrons. The van der Waals surface area contributed by atoms with Gasteiger partial charge in [0, 0.05) is 23.8 Å². The molecule has 110 valence electrons. The maximum absolute atomic E-state index is 11.7. The molecule has 1 heterocycles. The molecule has 1 aliphatic carbocycles. The number of hydrogen-bond donors (Lipinski definition) is 1. The Kier molecular flexibility index (Phi) is 5.37. The summed E-state index contributed by atoms with van der Waals surface area (Å²) in [6, 6.07) is 4.14. The highest BCUT2D eigenvalue weighted by molar-refractivity contribution is 9.10. The first-order valence-electron chi connectivity index (χ1n) is 6.62. The number of pyridine rings is 1. The molecule has 0 aliphatic heterocycles. The van der Waals surface area contributed by atoms with Crippen molar-refractivity contribution < 1.29 is 14.3 Å². The lowest BCUT2D eigenvalue weighted by Crippen LogP contribution is -2.41. The molecule has 1 aliphatic rings. The van der Waals surface area contributed by atoms with E-state index in [2.05, 4.69) is 26.2 Å². The van der Waals surface area contributed by atoms with Crippen LogP contribution in [0.4, 0.5) is 5.82 Å². The standard InChI is InChI=1S/C14H19BrN2O3/c1-19-12-7-10(4-5-11(12)14(18)20-2)17-13-6-3-9(15)8-16-13/h3,6,8,10-12H,4-5,7H2,1-2H3,(H,16,17)/t10-,11-,12-/m1/s1. The summed E-state index contributed by atoms with van der Waals surface area (Å²) in [5, 5.41) is 3.39. The second kappa shape index (κ2) is 7.04. The van der Waals surface area contributed by atoms with Crippen molar-refractivity contribution in [1.82, 2.24) is 4.98 Å². The molecule has 1 fully saturated rings. The smallest absolute Gasteiger partial charge is 0.311 e. The molecule has 5 nitrogen and oxygen atoms in total. The number of nitrogens with zero attached hydrogens (tertiary/aromatic N) is 1. The Morgan fingerprint density at radius 1 is 1.40 bits per heavy atom. The molecular formula is C14H19BrN2O3. The van der Waals surface area contributed by atoms with E-state index in [1.807, 2.05) is 12.1 Å². The molecule has 1 aromatic rings. The number of esters is 1. The SMILES string of the molecule is COC(=O)[C@@H]1CC[C@@H](Nc2ccc(Br)cn2)C[C@H]1OC. The van der Waals surface area contributed by atoms with Gasteiger partial charge in [0.1, 0.15) is 5.82 Å². The zero-order valence-corrected chi connectivity index (χ0v) is 13.2. The van der Waals surface area contributed by atoms with Gasteiger partial charge in [0.25, 0.3) is 0 Å². The number of methoxy groups -OCH3 is 2. The van der Waals surface area contributed by atoms with Gasteiger partial charge in [-0.15, -0.1) is 0 Å². The Labute approximate surface area is 127 Å². The number of hydrogen-bond acceptors (Lipinski definition) is 5. The molecule has 1 saturated carbocycles. The summed E-state index contributed by atoms with van der Waals surface area (Å²) in [5.74, 6) is 0.488. The molecule has 3 atom stereocenters. The highest BCUT2D eigenvalue weighted by Gasteiger charge is 2.36. The van der Waals surface area contributed by atoms with Crippen LogP contribution in [0.2, 0.25) is 0 Å². The predicted octanol–water partition coefficient (Wildman–Crippen LogP) is 2.61. The zero-order valence-electron chi connectivity index (χ0n) is 11.6. The molecule has 0 aromatic carbocycles. The Morgan fingerprint density at radius 2 is 2.20 bits per heavy atom. The maximum Gasteiger partial charge on any atom is 0.311 e. The number of carbonyl (C=O) groups is 1. The first-order valence-corrected chi connectivity index (χ1v) is 7.42. The van der Waals surface area contributed by atoms with Crippen LogP contribution in [-0.2, 0) is 14.3 Å². The Bertz CT molecular complexity index is 452. The van der Waals surface area contributed by atoms with E-state index in [1.165, 1.54) is 7.11 Å². The molecule has 0 amide bonds. The van der Waals surface area contributed by atoms with Crippen LogP contribution in [0.1, 0.15) is 19.3 Å². The van der Waals surface area contributed by atoms with Crippen LogP contribution in [0, 0.1) is 5.92 Å². The van der Waals surface area contributed by atoms with Crippen molar-refractivity contribution in [3.63, 3.8) is 0 Å². The lowest BCUT2D eigenvalue weighted by molar-refractivity contribution is -0.152. The van der Waals surface area contributed by atoms with Gasteiger partial charge in [-0.25, -0.2) is 4.98 Å². The minimum absolute atomic E-state index is 0.107. The molecule has 0 bridgehead atoms. The second-order valence-corrected chi connectivity index (χ2v) is 5.84. The van der Waals surface area contributed by atoms with Crippen LogP contribution in [0.25, 0.3) is 0 Å². The summed E-state index contributed by atoms with van der Waals surface area (Å²) in [7, 11) is 3.06. The number of nitrogens with one attached hydrogen (secondary N) is 1. The first kappa shape index (κ1) is 15.3. The second-order valence-electron chi connectivity index (χ2n) is 4.92. The number of rotatable bonds is 4. The Balaban J connectivity index is 1.96. The van der Waals surface area contributed by atoms with Crippen molar-refractivity contribution in [3.8, 4) is 0 Å². The van der Waals surface area contributed by atoms with E-state index in [1.54, 1.807) is 13.3 Å². The van der Waals surface area contributed by atoms with Crippen LogP contribution in [0.15, 0.2) is 22.8 Å². The fourth-order valence-corrected chi connectivity index (χ4v) is 2.85. The fourth-order valence-electron chi connectivity index (χ4n) is 2.61. The topological polar surface area (TPSA) is 60.5 Å². The summed E-state index contributed by atoms with van der Waals surface area (Å²) in [5.41, 5.74) is 0. The van der Waals surface area contributed by atoms with Crippen molar-refractivity contribution in [2.24, 2.45) is 5.92 Å². The maximum atomic E-state index is 11.7. The molecule has 20 heavy (non-hydrogen) atoms. The molecular weight excluding hydrogens is 324 g/mol. The van der Waals surface area contributed by atoms with E-state index >= 15 is 0 Å². The highest BCUT2D eigenvalue weighted by Crippen LogP contribution is 2.29. The number of carbonyl (C=O) groups excluding carboxylic acids is 1. The molecule has 2 rings (SSSR count). The van der Waals surface area contributed by atoms with Gasteiger partial charge in [0.15, 0.2) is 0 Å². The monoisotopic (exact) mass is 342 g/mol. The third-order valence-electron chi connectivity index (χ3n) is 3.68. The summed E-state index contributed by atoms with van der Waals surface area (Å²) in [6.45, 7) is 0. The summed E-state index contributed by atoms with van der Waals surface area (Å²) in [6.07, 6.45) is 4.09. The minimum atomic E-state index is -0.183. The molecule has 0 unspecified atom stereocenters. The molecule has 6 heteroatoms. The van der Waals surface area contributed by atoms with E-state index in [0.29, 0.717) is 0 Å². The van der Waals surface area contributed by atoms with Crippen molar-refractivity contribution in [1.29, 1.82) is 0 Å². The van der Waals surface area contributed by atoms with E-state index < -0.39 is 0 Å². The lowest BCUT2D eigenvalue weighted by atomic mass is 9.83. The van der Waals surface area contributed by atoms with Crippen LogP contribution in [0.5, 0.6) is 0 Å². The van der Waals surface area contributed by atoms with E-state index in [9.17, 15) is 4.79 Å². The van der Waals surface area contributed by atoms with E-state index in [4.69, 9.17) is 9.47 Å². The Hall–Kier alpha value is -1.14. The van der Waals surface area contributed by atoms with Gasteiger partial charge in [-0.1, -0.05) is 0 Å². The highest BCUT2D eigenvalue weighted by atomic mass is 79.9. The van der Waals surface area contributed by atoms with Crippen molar-refractivity contribution >= 4 is 27.7 Å². The number of anilines is 1. The number of ether oxygens (including phenoxy) is 2. The van der Waals surface area contributed by atoms with Crippen molar-refractivity contribution in [2.75, 3.05) is 19.5 Å². The van der Waals surface area contributed by atoms with Gasteiger partial charge in [0.2, 0.25) is 0 Å². The quantitative estimate of drug-likeness (QED) is 0.852. The van der Waals surface area contributed by atoms with Crippen LogP contribution in [0.3, 0.4) is 0 Å². The third kappa shape index (κ3) is 3.70. The van der Waals surface area contributed by atoms with E-state index in [0.717, 1.165) is 29.6 Å². The van der Waals surface area contributed by atoms with Gasteiger partial charge < -0.3 is 14.8 Å².